The van der Waals surface area contributed by atoms with Gasteiger partial charge < -0.3 is 0 Å². The molecule has 0 N–H and O–H groups in total. The zero-order valence-corrected chi connectivity index (χ0v) is 10.8. The number of rotatable bonds is 1. The summed E-state index contributed by atoms with van der Waals surface area (Å²) in [4.78, 5) is 0. The van der Waals surface area contributed by atoms with Gasteiger partial charge in [-0.25, -0.2) is 0 Å². The Kier molecular flexibility index (Phi) is 3.59. The molecule has 0 saturated heterocycles. The Hall–Kier alpha value is 0.660. The third-order valence-corrected chi connectivity index (χ3v) is 3.45. The number of benzene rings is 1. The SMILES string of the molecule is Cc1c(Br)cc(Br)cc1CBr. The van der Waals surface area contributed by atoms with E-state index in [1.165, 1.54) is 11.1 Å². The number of alkyl halides is 1. The molecule has 1 aromatic carbocycles. The molecule has 0 unspecified atom stereocenters. The number of hydrogen-bond acceptors (Lipinski definition) is 0. The van der Waals surface area contributed by atoms with Crippen molar-refractivity contribution in [2.24, 2.45) is 0 Å². The van der Waals surface area contributed by atoms with Gasteiger partial charge in [0.2, 0.25) is 0 Å². The second-order valence-corrected chi connectivity index (χ2v) is 4.64. The van der Waals surface area contributed by atoms with E-state index in [4.69, 9.17) is 0 Å². The lowest BCUT2D eigenvalue weighted by Crippen LogP contribution is -1.85. The van der Waals surface area contributed by atoms with Crippen LogP contribution >= 0.6 is 47.8 Å². The van der Waals surface area contributed by atoms with Crippen molar-refractivity contribution in [1.82, 2.24) is 0 Å². The van der Waals surface area contributed by atoms with Gasteiger partial charge in [0.25, 0.3) is 0 Å². The van der Waals surface area contributed by atoms with Crippen molar-refractivity contribution in [3.05, 3.63) is 32.2 Å². The minimum Gasteiger partial charge on any atom is -0.0876 e. The van der Waals surface area contributed by atoms with Gasteiger partial charge in [-0.1, -0.05) is 47.8 Å². The Labute approximate surface area is 91.8 Å². The third kappa shape index (κ3) is 2.30. The largest absolute Gasteiger partial charge is 0.0876 e. The van der Waals surface area contributed by atoms with Crippen molar-refractivity contribution < 1.29 is 0 Å². The van der Waals surface area contributed by atoms with Crippen LogP contribution in [0.2, 0.25) is 0 Å². The van der Waals surface area contributed by atoms with Crippen LogP contribution in [0.3, 0.4) is 0 Å². The molecule has 0 atom stereocenters. The van der Waals surface area contributed by atoms with Crippen LogP contribution < -0.4 is 0 Å². The monoisotopic (exact) mass is 340 g/mol. The van der Waals surface area contributed by atoms with Crippen LogP contribution in [0.15, 0.2) is 21.1 Å². The summed E-state index contributed by atoms with van der Waals surface area (Å²) in [6.45, 7) is 2.10. The average molecular weight is 343 g/mol. The molecule has 0 spiro atoms. The molecule has 0 bridgehead atoms. The molecule has 0 radical (unpaired) electrons. The van der Waals surface area contributed by atoms with Gasteiger partial charge in [0, 0.05) is 14.3 Å². The molecule has 0 fully saturated rings. The van der Waals surface area contributed by atoms with Crippen LogP contribution in [0.1, 0.15) is 11.1 Å². The molecule has 0 aliphatic carbocycles. The molecule has 60 valence electrons. The highest BCUT2D eigenvalue weighted by molar-refractivity contribution is 9.11. The number of hydrogen-bond donors (Lipinski definition) is 0. The van der Waals surface area contributed by atoms with E-state index >= 15 is 0 Å². The zero-order chi connectivity index (χ0) is 8.43. The van der Waals surface area contributed by atoms with E-state index < -0.39 is 0 Å². The predicted octanol–water partition coefficient (Wildman–Crippen LogP) is 4.41. The summed E-state index contributed by atoms with van der Waals surface area (Å²) >= 11 is 10.4. The molecule has 3 heteroatoms. The van der Waals surface area contributed by atoms with Gasteiger partial charge in [-0.2, -0.15) is 0 Å². The van der Waals surface area contributed by atoms with E-state index in [0.29, 0.717) is 0 Å². The third-order valence-electron chi connectivity index (χ3n) is 1.56. The summed E-state index contributed by atoms with van der Waals surface area (Å²) in [5.74, 6) is 0. The molecule has 0 amide bonds. The van der Waals surface area contributed by atoms with Gasteiger partial charge in [-0.05, 0) is 30.2 Å². The lowest BCUT2D eigenvalue weighted by atomic mass is 10.1. The van der Waals surface area contributed by atoms with Gasteiger partial charge in [0.05, 0.1) is 0 Å². The zero-order valence-electron chi connectivity index (χ0n) is 6.00. The summed E-state index contributed by atoms with van der Waals surface area (Å²) < 4.78 is 2.27. The van der Waals surface area contributed by atoms with Crippen molar-refractivity contribution in [3.63, 3.8) is 0 Å². The molecular weight excluding hydrogens is 336 g/mol. The maximum absolute atomic E-state index is 3.49. The Morgan fingerprint density at radius 2 is 1.91 bits per heavy atom. The van der Waals surface area contributed by atoms with Crippen LogP contribution in [0.25, 0.3) is 0 Å². The minimum atomic E-state index is 0.900. The van der Waals surface area contributed by atoms with Gasteiger partial charge >= 0.3 is 0 Å². The Morgan fingerprint density at radius 3 is 2.45 bits per heavy atom. The smallest absolute Gasteiger partial charge is 0.0286 e. The van der Waals surface area contributed by atoms with Crippen LogP contribution in [-0.4, -0.2) is 0 Å². The molecule has 0 heterocycles. The second-order valence-electron chi connectivity index (χ2n) is 2.31. The highest BCUT2D eigenvalue weighted by Gasteiger charge is 2.01. The quantitative estimate of drug-likeness (QED) is 0.663. The fourth-order valence-corrected chi connectivity index (χ4v) is 2.73. The standard InChI is InChI=1S/C8H7Br3/c1-5-6(4-9)2-7(10)3-8(5)11/h2-3H,4H2,1H3. The molecule has 0 aliphatic heterocycles. The Morgan fingerprint density at radius 1 is 1.27 bits per heavy atom. The second kappa shape index (κ2) is 4.06. The molecule has 0 aliphatic rings. The first-order chi connectivity index (χ1) is 5.15. The molecule has 1 rings (SSSR count). The topological polar surface area (TPSA) is 0 Å². The summed E-state index contributed by atoms with van der Waals surface area (Å²) in [6, 6.07) is 4.18. The molecule has 1 aromatic rings. The summed E-state index contributed by atoms with van der Waals surface area (Å²) in [5, 5.41) is 0.900. The first kappa shape index (κ1) is 9.75. The van der Waals surface area contributed by atoms with Crippen LogP contribution in [0.4, 0.5) is 0 Å². The van der Waals surface area contributed by atoms with E-state index in [-0.39, 0.29) is 0 Å². The van der Waals surface area contributed by atoms with E-state index in [1.807, 2.05) is 0 Å². The van der Waals surface area contributed by atoms with Crippen molar-refractivity contribution in [3.8, 4) is 0 Å². The molecule has 0 saturated carbocycles. The van der Waals surface area contributed by atoms with E-state index in [2.05, 4.69) is 66.8 Å². The maximum atomic E-state index is 3.49. The van der Waals surface area contributed by atoms with Crippen molar-refractivity contribution in [2.45, 2.75) is 12.3 Å². The summed E-state index contributed by atoms with van der Waals surface area (Å²) in [6.07, 6.45) is 0. The van der Waals surface area contributed by atoms with Crippen molar-refractivity contribution >= 4 is 47.8 Å². The van der Waals surface area contributed by atoms with Gasteiger partial charge in [0.1, 0.15) is 0 Å². The van der Waals surface area contributed by atoms with Gasteiger partial charge in [-0.15, -0.1) is 0 Å². The fourth-order valence-electron chi connectivity index (χ4n) is 0.838. The first-order valence-electron chi connectivity index (χ1n) is 3.15. The molecular formula is C8H7Br3. The Bertz CT molecular complexity index is 268. The van der Waals surface area contributed by atoms with E-state index in [1.54, 1.807) is 0 Å². The summed E-state index contributed by atoms with van der Waals surface area (Å²) in [5.41, 5.74) is 2.61. The van der Waals surface area contributed by atoms with Gasteiger partial charge in [0.15, 0.2) is 0 Å². The van der Waals surface area contributed by atoms with Crippen LogP contribution in [0.5, 0.6) is 0 Å². The highest BCUT2D eigenvalue weighted by atomic mass is 79.9. The van der Waals surface area contributed by atoms with E-state index in [9.17, 15) is 0 Å². The first-order valence-corrected chi connectivity index (χ1v) is 5.86. The normalized spacial score (nSPS) is 10.2. The molecule has 0 aromatic heterocycles. The lowest BCUT2D eigenvalue weighted by Gasteiger charge is -2.04. The molecule has 0 nitrogen and oxygen atoms in total. The fraction of sp³-hybridized carbons (Fsp3) is 0.250. The predicted molar refractivity (Wildman–Crippen MR) is 59.2 cm³/mol. The highest BCUT2D eigenvalue weighted by Crippen LogP contribution is 2.26. The molecule has 11 heavy (non-hydrogen) atoms. The Balaban J connectivity index is 3.24. The van der Waals surface area contributed by atoms with Gasteiger partial charge in [-0.3, -0.25) is 0 Å². The van der Waals surface area contributed by atoms with Crippen LogP contribution in [0, 0.1) is 6.92 Å². The van der Waals surface area contributed by atoms with E-state index in [0.717, 1.165) is 14.3 Å². The summed E-state index contributed by atoms with van der Waals surface area (Å²) in [7, 11) is 0. The lowest BCUT2D eigenvalue weighted by molar-refractivity contribution is 1.29. The van der Waals surface area contributed by atoms with Crippen molar-refractivity contribution in [2.75, 3.05) is 0 Å². The van der Waals surface area contributed by atoms with Crippen LogP contribution in [-0.2, 0) is 5.33 Å². The maximum Gasteiger partial charge on any atom is 0.0286 e. The number of halogens is 3. The average Bonchev–Trinajstić information content (AvgIpc) is 1.96. The minimum absolute atomic E-state index is 0.900. The van der Waals surface area contributed by atoms with Crippen molar-refractivity contribution in [1.29, 1.82) is 0 Å².